The molecule has 0 fully saturated rings. The number of hydrogen-bond acceptors (Lipinski definition) is 2. The Kier molecular flexibility index (Phi) is 8.96. The van der Waals surface area contributed by atoms with Crippen LogP contribution in [0.25, 0.3) is 0 Å². The lowest BCUT2D eigenvalue weighted by Gasteiger charge is -2.28. The van der Waals surface area contributed by atoms with E-state index in [4.69, 9.17) is 5.73 Å². The zero-order chi connectivity index (χ0) is 12.4. The molecule has 0 bridgehead atoms. The van der Waals surface area contributed by atoms with E-state index in [0.29, 0.717) is 5.41 Å². The fourth-order valence-electron chi connectivity index (χ4n) is 1.66. The molecule has 16 heavy (non-hydrogen) atoms. The Morgan fingerprint density at radius 1 is 0.938 bits per heavy atom. The zero-order valence-electron chi connectivity index (χ0n) is 11.9. The first kappa shape index (κ1) is 15.9. The second-order valence-corrected chi connectivity index (χ2v) is 5.67. The van der Waals surface area contributed by atoms with Crippen molar-refractivity contribution in [2.45, 2.75) is 59.8 Å². The highest BCUT2D eigenvalue weighted by Gasteiger charge is 2.16. The molecule has 0 saturated heterocycles. The van der Waals surface area contributed by atoms with E-state index >= 15 is 0 Å². The van der Waals surface area contributed by atoms with Gasteiger partial charge in [-0.3, -0.25) is 0 Å². The van der Waals surface area contributed by atoms with Gasteiger partial charge in [-0.1, -0.05) is 40.5 Å². The maximum atomic E-state index is 5.77. The molecule has 0 aliphatic heterocycles. The van der Waals surface area contributed by atoms with Crippen molar-refractivity contribution in [3.8, 4) is 0 Å². The minimum atomic E-state index is 0.302. The van der Waals surface area contributed by atoms with E-state index in [9.17, 15) is 0 Å². The lowest BCUT2D eigenvalue weighted by molar-refractivity contribution is 0.216. The molecule has 0 aromatic heterocycles. The Labute approximate surface area is 103 Å². The van der Waals surface area contributed by atoms with Gasteiger partial charge in [0, 0.05) is 0 Å². The molecular weight excluding hydrogens is 196 g/mol. The van der Waals surface area contributed by atoms with Crippen LogP contribution in [-0.4, -0.2) is 31.1 Å². The van der Waals surface area contributed by atoms with E-state index < -0.39 is 0 Å². The van der Waals surface area contributed by atoms with Gasteiger partial charge in [-0.25, -0.2) is 0 Å². The molecule has 0 heterocycles. The monoisotopic (exact) mass is 228 g/mol. The zero-order valence-corrected chi connectivity index (χ0v) is 11.9. The van der Waals surface area contributed by atoms with Crippen molar-refractivity contribution in [2.24, 2.45) is 11.1 Å². The summed E-state index contributed by atoms with van der Waals surface area (Å²) >= 11 is 0. The van der Waals surface area contributed by atoms with Crippen molar-refractivity contribution in [3.63, 3.8) is 0 Å². The average molecular weight is 228 g/mol. The Balaban J connectivity index is 3.89. The van der Waals surface area contributed by atoms with Crippen molar-refractivity contribution in [3.05, 3.63) is 0 Å². The number of unbranched alkanes of at least 4 members (excludes halogenated alkanes) is 2. The predicted octanol–water partition coefficient (Wildman–Crippen LogP) is 3.26. The Bertz CT molecular complexity index is 147. The number of rotatable bonds is 10. The van der Waals surface area contributed by atoms with Gasteiger partial charge in [0.2, 0.25) is 0 Å². The van der Waals surface area contributed by atoms with Crippen molar-refractivity contribution < 1.29 is 0 Å². The Hall–Kier alpha value is -0.0800. The molecule has 0 spiro atoms. The van der Waals surface area contributed by atoms with Gasteiger partial charge in [-0.15, -0.1) is 0 Å². The van der Waals surface area contributed by atoms with E-state index in [2.05, 4.69) is 32.6 Å². The fraction of sp³-hybridized carbons (Fsp3) is 1.00. The quantitative estimate of drug-likeness (QED) is 0.622. The second kappa shape index (κ2) is 9.00. The lowest BCUT2D eigenvalue weighted by atomic mass is 9.89. The first-order chi connectivity index (χ1) is 7.55. The second-order valence-electron chi connectivity index (χ2n) is 5.67. The molecular formula is C14H32N2. The van der Waals surface area contributed by atoms with Crippen LogP contribution in [0, 0.1) is 5.41 Å². The molecule has 0 amide bonds. The van der Waals surface area contributed by atoms with Gasteiger partial charge in [-0.05, 0) is 50.9 Å². The van der Waals surface area contributed by atoms with Crippen LogP contribution < -0.4 is 5.73 Å². The maximum Gasteiger partial charge on any atom is -0.00132 e. The molecule has 0 radical (unpaired) electrons. The van der Waals surface area contributed by atoms with Crippen LogP contribution in [0.1, 0.15) is 59.8 Å². The molecule has 2 nitrogen and oxygen atoms in total. The molecule has 0 aromatic carbocycles. The highest BCUT2D eigenvalue weighted by atomic mass is 15.1. The first-order valence-corrected chi connectivity index (χ1v) is 6.98. The highest BCUT2D eigenvalue weighted by Crippen LogP contribution is 2.18. The van der Waals surface area contributed by atoms with Crippen molar-refractivity contribution in [1.29, 1.82) is 0 Å². The third-order valence-corrected chi connectivity index (χ3v) is 3.31. The molecule has 0 aromatic rings. The molecule has 0 aliphatic carbocycles. The summed E-state index contributed by atoms with van der Waals surface area (Å²) in [5.74, 6) is 0. The molecule has 2 heteroatoms. The normalized spacial score (nSPS) is 12.4. The smallest absolute Gasteiger partial charge is 0.00132 e. The van der Waals surface area contributed by atoms with E-state index in [1.165, 1.54) is 51.7 Å². The van der Waals surface area contributed by atoms with Gasteiger partial charge in [0.1, 0.15) is 0 Å². The topological polar surface area (TPSA) is 29.3 Å². The molecule has 0 saturated carbocycles. The van der Waals surface area contributed by atoms with E-state index in [1.54, 1.807) is 0 Å². The van der Waals surface area contributed by atoms with E-state index in [1.807, 2.05) is 0 Å². The summed E-state index contributed by atoms with van der Waals surface area (Å²) in [6.45, 7) is 13.6. The van der Waals surface area contributed by atoms with Crippen LogP contribution in [-0.2, 0) is 0 Å². The molecule has 0 atom stereocenters. The van der Waals surface area contributed by atoms with Crippen LogP contribution in [0.3, 0.4) is 0 Å². The number of nitrogens with two attached hydrogens (primary N) is 1. The summed E-state index contributed by atoms with van der Waals surface area (Å²) in [6.07, 6.45) is 6.46. The summed E-state index contributed by atoms with van der Waals surface area (Å²) in [5, 5.41) is 0. The van der Waals surface area contributed by atoms with Crippen LogP contribution in [0.15, 0.2) is 0 Å². The van der Waals surface area contributed by atoms with Crippen molar-refractivity contribution in [1.82, 2.24) is 4.90 Å². The summed E-state index contributed by atoms with van der Waals surface area (Å²) in [5.41, 5.74) is 6.08. The minimum Gasteiger partial charge on any atom is -0.330 e. The lowest BCUT2D eigenvalue weighted by Crippen LogP contribution is -2.33. The molecule has 0 rings (SSSR count). The van der Waals surface area contributed by atoms with E-state index in [0.717, 1.165) is 6.54 Å². The predicted molar refractivity (Wildman–Crippen MR) is 73.7 cm³/mol. The van der Waals surface area contributed by atoms with E-state index in [-0.39, 0.29) is 0 Å². The third-order valence-electron chi connectivity index (χ3n) is 3.31. The third kappa shape index (κ3) is 8.12. The molecule has 0 aliphatic rings. The molecule has 0 unspecified atom stereocenters. The molecule has 98 valence electrons. The average Bonchev–Trinajstić information content (AvgIpc) is 2.28. The van der Waals surface area contributed by atoms with Crippen LogP contribution in [0.4, 0.5) is 0 Å². The number of nitrogens with zero attached hydrogens (tertiary/aromatic N) is 1. The number of hydrogen-bond donors (Lipinski definition) is 1. The van der Waals surface area contributed by atoms with Gasteiger partial charge < -0.3 is 10.6 Å². The summed E-state index contributed by atoms with van der Waals surface area (Å²) < 4.78 is 0. The van der Waals surface area contributed by atoms with Crippen LogP contribution in [0.5, 0.6) is 0 Å². The van der Waals surface area contributed by atoms with Gasteiger partial charge in [-0.2, -0.15) is 0 Å². The van der Waals surface area contributed by atoms with Crippen molar-refractivity contribution in [2.75, 3.05) is 26.2 Å². The largest absolute Gasteiger partial charge is 0.330 e. The first-order valence-electron chi connectivity index (χ1n) is 6.98. The van der Waals surface area contributed by atoms with Crippen LogP contribution in [0.2, 0.25) is 0 Å². The fourth-order valence-corrected chi connectivity index (χ4v) is 1.66. The standard InChI is InChI=1S/C14H32N2/c1-5-7-10-16(11-8-6-2)12-9-14(3,4)13-15/h5-13,15H2,1-4H3. The summed E-state index contributed by atoms with van der Waals surface area (Å²) in [6, 6.07) is 0. The highest BCUT2D eigenvalue weighted by molar-refractivity contribution is 4.71. The summed E-state index contributed by atoms with van der Waals surface area (Å²) in [4.78, 5) is 2.62. The Morgan fingerprint density at radius 3 is 1.81 bits per heavy atom. The van der Waals surface area contributed by atoms with Gasteiger partial charge in [0.15, 0.2) is 0 Å². The maximum absolute atomic E-state index is 5.77. The van der Waals surface area contributed by atoms with Crippen molar-refractivity contribution >= 4 is 0 Å². The summed E-state index contributed by atoms with van der Waals surface area (Å²) in [7, 11) is 0. The van der Waals surface area contributed by atoms with Gasteiger partial charge >= 0.3 is 0 Å². The van der Waals surface area contributed by atoms with Gasteiger partial charge in [0.25, 0.3) is 0 Å². The Morgan fingerprint density at radius 2 is 1.44 bits per heavy atom. The minimum absolute atomic E-state index is 0.302. The van der Waals surface area contributed by atoms with Crippen LogP contribution >= 0.6 is 0 Å². The SMILES string of the molecule is CCCCN(CCCC)CCC(C)(C)CN. The molecule has 2 N–H and O–H groups in total. The van der Waals surface area contributed by atoms with Gasteiger partial charge in [0.05, 0.1) is 0 Å².